The zero-order valence-electron chi connectivity index (χ0n) is 14.5. The van der Waals surface area contributed by atoms with Crippen molar-refractivity contribution in [2.75, 3.05) is 19.8 Å². The van der Waals surface area contributed by atoms with Gasteiger partial charge in [-0.05, 0) is 52.3 Å². The molecule has 136 valence electrons. The van der Waals surface area contributed by atoms with Crippen molar-refractivity contribution in [1.29, 1.82) is 0 Å². The fourth-order valence-electron chi connectivity index (χ4n) is 1.93. The van der Waals surface area contributed by atoms with Crippen LogP contribution in [0.4, 0.5) is 0 Å². The molecule has 0 spiro atoms. The number of halogens is 1. The van der Waals surface area contributed by atoms with Gasteiger partial charge in [0.2, 0.25) is 10.0 Å². The van der Waals surface area contributed by atoms with E-state index in [1.807, 2.05) is 6.92 Å². The number of amides is 1. The smallest absolute Gasteiger partial charge is 0.251 e. The molecule has 8 heteroatoms. The summed E-state index contributed by atoms with van der Waals surface area (Å²) in [5.74, 6) is -0.352. The highest BCUT2D eigenvalue weighted by atomic mass is 35.5. The van der Waals surface area contributed by atoms with E-state index in [0.717, 1.165) is 0 Å². The first-order valence-electron chi connectivity index (χ1n) is 7.76. The lowest BCUT2D eigenvalue weighted by Crippen LogP contribution is -2.40. The molecule has 0 saturated carbocycles. The van der Waals surface area contributed by atoms with Crippen LogP contribution in [0.15, 0.2) is 23.1 Å². The third-order valence-corrected chi connectivity index (χ3v) is 5.12. The second-order valence-corrected chi connectivity index (χ2v) is 8.37. The van der Waals surface area contributed by atoms with E-state index < -0.39 is 15.6 Å². The molecular formula is C16H25ClN2O4S. The molecule has 2 N–H and O–H groups in total. The number of sulfonamides is 1. The molecule has 0 aliphatic rings. The number of carbonyl (C=O) groups is 1. The van der Waals surface area contributed by atoms with Crippen LogP contribution in [0.5, 0.6) is 0 Å². The monoisotopic (exact) mass is 376 g/mol. The molecule has 24 heavy (non-hydrogen) atoms. The topological polar surface area (TPSA) is 84.5 Å². The molecule has 0 fully saturated rings. The van der Waals surface area contributed by atoms with Crippen LogP contribution in [-0.2, 0) is 14.8 Å². The van der Waals surface area contributed by atoms with E-state index in [1.165, 1.54) is 18.2 Å². The van der Waals surface area contributed by atoms with E-state index in [2.05, 4.69) is 10.0 Å². The zero-order valence-corrected chi connectivity index (χ0v) is 16.1. The van der Waals surface area contributed by atoms with Crippen molar-refractivity contribution < 1.29 is 17.9 Å². The fourth-order valence-corrected chi connectivity index (χ4v) is 3.88. The van der Waals surface area contributed by atoms with E-state index >= 15 is 0 Å². The summed E-state index contributed by atoms with van der Waals surface area (Å²) in [4.78, 5) is 12.0. The van der Waals surface area contributed by atoms with Crippen molar-refractivity contribution in [2.24, 2.45) is 0 Å². The first-order valence-corrected chi connectivity index (χ1v) is 9.62. The molecule has 0 bridgehead atoms. The minimum atomic E-state index is -3.82. The minimum absolute atomic E-state index is 0.0691. The van der Waals surface area contributed by atoms with Gasteiger partial charge in [-0.1, -0.05) is 11.6 Å². The van der Waals surface area contributed by atoms with Gasteiger partial charge in [0.25, 0.3) is 5.91 Å². The zero-order chi connectivity index (χ0) is 18.4. The first-order chi connectivity index (χ1) is 11.1. The third-order valence-electron chi connectivity index (χ3n) is 2.88. The van der Waals surface area contributed by atoms with Crippen LogP contribution in [0.3, 0.4) is 0 Å². The summed E-state index contributed by atoms with van der Waals surface area (Å²) in [6.45, 7) is 8.73. The van der Waals surface area contributed by atoms with Gasteiger partial charge in [0, 0.05) is 30.9 Å². The Morgan fingerprint density at radius 1 is 1.29 bits per heavy atom. The van der Waals surface area contributed by atoms with Gasteiger partial charge in [-0.2, -0.15) is 0 Å². The highest BCUT2D eigenvalue weighted by Crippen LogP contribution is 2.24. The summed E-state index contributed by atoms with van der Waals surface area (Å²) in [5.41, 5.74) is -0.412. The largest absolute Gasteiger partial charge is 0.382 e. The summed E-state index contributed by atoms with van der Waals surface area (Å²) in [6, 6.07) is 4.19. The van der Waals surface area contributed by atoms with Gasteiger partial charge in [-0.3, -0.25) is 4.79 Å². The van der Waals surface area contributed by atoms with Crippen LogP contribution in [0.2, 0.25) is 5.02 Å². The third kappa shape index (κ3) is 6.76. The van der Waals surface area contributed by atoms with E-state index in [-0.39, 0.29) is 21.4 Å². The Balaban J connectivity index is 2.88. The molecule has 0 aliphatic carbocycles. The Morgan fingerprint density at radius 3 is 2.54 bits per heavy atom. The van der Waals surface area contributed by atoms with Crippen LogP contribution in [0, 0.1) is 0 Å². The number of carbonyl (C=O) groups excluding carboxylic acids is 1. The predicted molar refractivity (Wildman–Crippen MR) is 95.0 cm³/mol. The van der Waals surface area contributed by atoms with Crippen molar-refractivity contribution in [1.82, 2.24) is 10.0 Å². The molecule has 1 aromatic carbocycles. The molecule has 1 rings (SSSR count). The molecule has 0 saturated heterocycles. The normalized spacial score (nSPS) is 12.2. The molecule has 0 aliphatic heterocycles. The number of hydrogen-bond donors (Lipinski definition) is 2. The molecular weight excluding hydrogens is 352 g/mol. The van der Waals surface area contributed by atoms with Crippen LogP contribution < -0.4 is 10.0 Å². The number of nitrogens with one attached hydrogen (secondary N) is 2. The maximum absolute atomic E-state index is 12.4. The summed E-state index contributed by atoms with van der Waals surface area (Å²) in [6.07, 6.45) is 0.684. The number of hydrogen-bond acceptors (Lipinski definition) is 4. The van der Waals surface area contributed by atoms with Gasteiger partial charge < -0.3 is 10.1 Å². The Morgan fingerprint density at radius 2 is 1.96 bits per heavy atom. The van der Waals surface area contributed by atoms with Crippen LogP contribution in [0.25, 0.3) is 0 Å². The van der Waals surface area contributed by atoms with Gasteiger partial charge in [-0.15, -0.1) is 0 Å². The van der Waals surface area contributed by atoms with E-state index in [9.17, 15) is 13.2 Å². The van der Waals surface area contributed by atoms with Gasteiger partial charge in [-0.25, -0.2) is 13.1 Å². The molecule has 0 unspecified atom stereocenters. The van der Waals surface area contributed by atoms with E-state index in [0.29, 0.717) is 26.2 Å². The second-order valence-electron chi connectivity index (χ2n) is 6.31. The Hall–Kier alpha value is -1.15. The summed E-state index contributed by atoms with van der Waals surface area (Å²) >= 11 is 6.01. The maximum Gasteiger partial charge on any atom is 0.251 e. The Bertz CT molecular complexity index is 669. The lowest BCUT2D eigenvalue weighted by atomic mass is 10.1. The predicted octanol–water partition coefficient (Wildman–Crippen LogP) is 2.57. The molecule has 0 radical (unpaired) electrons. The van der Waals surface area contributed by atoms with E-state index in [1.54, 1.807) is 20.8 Å². The molecule has 0 atom stereocenters. The molecule has 0 heterocycles. The van der Waals surface area contributed by atoms with E-state index in [4.69, 9.17) is 16.3 Å². The standard InChI is InChI=1S/C16H25ClN2O4S/c1-5-23-10-6-9-18-15(20)12-7-8-13(17)14(11-12)24(21,22)19-16(2,3)4/h7-8,11,19H,5-6,9-10H2,1-4H3,(H,18,20). The summed E-state index contributed by atoms with van der Waals surface area (Å²) < 4.78 is 32.6. The van der Waals surface area contributed by atoms with Crippen molar-refractivity contribution in [3.05, 3.63) is 28.8 Å². The SMILES string of the molecule is CCOCCCNC(=O)c1ccc(Cl)c(S(=O)(=O)NC(C)(C)C)c1. The summed E-state index contributed by atoms with van der Waals surface area (Å²) in [7, 11) is -3.82. The van der Waals surface area contributed by atoms with Crippen molar-refractivity contribution in [3.8, 4) is 0 Å². The quantitative estimate of drug-likeness (QED) is 0.683. The first kappa shape index (κ1) is 20.9. The Kier molecular flexibility index (Phi) is 7.66. The van der Waals surface area contributed by atoms with Gasteiger partial charge in [0.15, 0.2) is 0 Å². The second kappa shape index (κ2) is 8.80. The lowest BCUT2D eigenvalue weighted by molar-refractivity contribution is 0.0944. The minimum Gasteiger partial charge on any atom is -0.382 e. The fraction of sp³-hybridized carbons (Fsp3) is 0.562. The van der Waals surface area contributed by atoms with Crippen molar-refractivity contribution in [2.45, 2.75) is 44.6 Å². The highest BCUT2D eigenvalue weighted by Gasteiger charge is 2.25. The van der Waals surface area contributed by atoms with Gasteiger partial charge in [0.05, 0.1) is 5.02 Å². The average Bonchev–Trinajstić information content (AvgIpc) is 2.44. The number of rotatable bonds is 8. The highest BCUT2D eigenvalue weighted by molar-refractivity contribution is 7.89. The molecule has 0 aromatic heterocycles. The Labute approximate surface area is 149 Å². The van der Waals surface area contributed by atoms with Crippen molar-refractivity contribution in [3.63, 3.8) is 0 Å². The molecule has 1 amide bonds. The molecule has 6 nitrogen and oxygen atoms in total. The number of benzene rings is 1. The molecule has 1 aromatic rings. The van der Waals surface area contributed by atoms with Crippen LogP contribution >= 0.6 is 11.6 Å². The summed E-state index contributed by atoms with van der Waals surface area (Å²) in [5, 5.41) is 2.80. The lowest BCUT2D eigenvalue weighted by Gasteiger charge is -2.21. The van der Waals surface area contributed by atoms with Crippen LogP contribution in [-0.4, -0.2) is 39.6 Å². The van der Waals surface area contributed by atoms with Gasteiger partial charge >= 0.3 is 0 Å². The number of ether oxygens (including phenoxy) is 1. The maximum atomic E-state index is 12.4. The van der Waals surface area contributed by atoms with Crippen molar-refractivity contribution >= 4 is 27.5 Å². The van der Waals surface area contributed by atoms with Gasteiger partial charge in [0.1, 0.15) is 4.90 Å². The van der Waals surface area contributed by atoms with Crippen LogP contribution in [0.1, 0.15) is 44.5 Å². The average molecular weight is 377 g/mol.